The molecule has 0 amide bonds. The van der Waals surface area contributed by atoms with E-state index in [1.807, 2.05) is 13.1 Å². The van der Waals surface area contributed by atoms with Gasteiger partial charge in [0.1, 0.15) is 5.82 Å². The summed E-state index contributed by atoms with van der Waals surface area (Å²) in [6.07, 6.45) is 3.83. The van der Waals surface area contributed by atoms with E-state index in [-0.39, 0.29) is 5.82 Å². The van der Waals surface area contributed by atoms with Crippen molar-refractivity contribution in [2.45, 2.75) is 39.2 Å². The topological polar surface area (TPSA) is 12.0 Å². The molecule has 0 bridgehead atoms. The van der Waals surface area contributed by atoms with Crippen molar-refractivity contribution in [2.24, 2.45) is 17.8 Å². The van der Waals surface area contributed by atoms with E-state index in [0.717, 1.165) is 16.3 Å². The second kappa shape index (κ2) is 6.36. The zero-order valence-electron chi connectivity index (χ0n) is 11.9. The average molecular weight is 328 g/mol. The molecule has 1 saturated carbocycles. The lowest BCUT2D eigenvalue weighted by atomic mass is 9.72. The van der Waals surface area contributed by atoms with E-state index in [4.69, 9.17) is 0 Å². The summed E-state index contributed by atoms with van der Waals surface area (Å²) in [6, 6.07) is 5.33. The van der Waals surface area contributed by atoms with Crippen LogP contribution in [-0.2, 0) is 0 Å². The highest BCUT2D eigenvalue weighted by molar-refractivity contribution is 9.10. The van der Waals surface area contributed by atoms with Gasteiger partial charge in [-0.1, -0.05) is 35.8 Å². The van der Waals surface area contributed by atoms with Crippen molar-refractivity contribution in [1.29, 1.82) is 0 Å². The smallest absolute Gasteiger partial charge is 0.124 e. The maximum absolute atomic E-state index is 13.2. The van der Waals surface area contributed by atoms with Crippen LogP contribution >= 0.6 is 15.9 Å². The van der Waals surface area contributed by atoms with Crippen LogP contribution in [0.25, 0.3) is 0 Å². The van der Waals surface area contributed by atoms with Crippen LogP contribution in [-0.4, -0.2) is 7.05 Å². The van der Waals surface area contributed by atoms with Crippen molar-refractivity contribution >= 4 is 15.9 Å². The van der Waals surface area contributed by atoms with Crippen LogP contribution in [0.5, 0.6) is 0 Å². The van der Waals surface area contributed by atoms with Crippen molar-refractivity contribution in [3.63, 3.8) is 0 Å². The highest BCUT2D eigenvalue weighted by Crippen LogP contribution is 2.41. The first-order valence-corrected chi connectivity index (χ1v) is 7.92. The van der Waals surface area contributed by atoms with E-state index in [2.05, 4.69) is 35.1 Å². The molecule has 1 fully saturated rings. The maximum Gasteiger partial charge on any atom is 0.124 e. The molecule has 19 heavy (non-hydrogen) atoms. The van der Waals surface area contributed by atoms with Crippen molar-refractivity contribution in [3.8, 4) is 0 Å². The SMILES string of the molecule is CNC(c1ccc(F)cc1Br)C1CC(C)CC(C)C1. The summed E-state index contributed by atoms with van der Waals surface area (Å²) in [5.41, 5.74) is 1.18. The van der Waals surface area contributed by atoms with Crippen LogP contribution in [0.15, 0.2) is 22.7 Å². The zero-order valence-corrected chi connectivity index (χ0v) is 13.5. The summed E-state index contributed by atoms with van der Waals surface area (Å²) in [5.74, 6) is 2.01. The molecule has 0 aliphatic heterocycles. The molecule has 1 N–H and O–H groups in total. The Bertz CT molecular complexity index is 425. The molecule has 3 unspecified atom stereocenters. The van der Waals surface area contributed by atoms with E-state index < -0.39 is 0 Å². The molecular weight excluding hydrogens is 305 g/mol. The summed E-state index contributed by atoms with van der Waals surface area (Å²) in [7, 11) is 2.00. The molecule has 1 aliphatic carbocycles. The van der Waals surface area contributed by atoms with E-state index in [1.54, 1.807) is 12.1 Å². The van der Waals surface area contributed by atoms with Crippen LogP contribution in [0.2, 0.25) is 0 Å². The Labute approximate surface area is 124 Å². The predicted molar refractivity (Wildman–Crippen MR) is 81.6 cm³/mol. The van der Waals surface area contributed by atoms with Gasteiger partial charge < -0.3 is 5.32 Å². The van der Waals surface area contributed by atoms with Gasteiger partial charge in [-0.2, -0.15) is 0 Å². The Morgan fingerprint density at radius 2 is 1.84 bits per heavy atom. The molecular formula is C16H23BrFN. The van der Waals surface area contributed by atoms with Gasteiger partial charge in [-0.3, -0.25) is 0 Å². The lowest BCUT2D eigenvalue weighted by Crippen LogP contribution is -2.31. The van der Waals surface area contributed by atoms with Crippen LogP contribution in [0.1, 0.15) is 44.7 Å². The van der Waals surface area contributed by atoms with E-state index >= 15 is 0 Å². The van der Waals surface area contributed by atoms with Gasteiger partial charge in [0.2, 0.25) is 0 Å². The Balaban J connectivity index is 2.23. The van der Waals surface area contributed by atoms with E-state index in [9.17, 15) is 4.39 Å². The van der Waals surface area contributed by atoms with E-state index in [0.29, 0.717) is 12.0 Å². The molecule has 2 rings (SSSR count). The second-order valence-corrected chi connectivity index (χ2v) is 6.96. The summed E-state index contributed by atoms with van der Waals surface area (Å²) in [5, 5.41) is 3.44. The van der Waals surface area contributed by atoms with Crippen LogP contribution in [0.3, 0.4) is 0 Å². The Hall–Kier alpha value is -0.410. The second-order valence-electron chi connectivity index (χ2n) is 6.11. The third-order valence-corrected chi connectivity index (χ3v) is 4.98. The number of benzene rings is 1. The fourth-order valence-electron chi connectivity index (χ4n) is 3.68. The Morgan fingerprint density at radius 1 is 1.21 bits per heavy atom. The first-order chi connectivity index (χ1) is 9.01. The molecule has 3 heteroatoms. The van der Waals surface area contributed by atoms with Crippen molar-refractivity contribution in [1.82, 2.24) is 5.32 Å². The number of rotatable bonds is 3. The lowest BCUT2D eigenvalue weighted by Gasteiger charge is -2.37. The van der Waals surface area contributed by atoms with Crippen molar-refractivity contribution in [2.75, 3.05) is 7.05 Å². The minimum absolute atomic E-state index is 0.184. The summed E-state index contributed by atoms with van der Waals surface area (Å²) >= 11 is 3.51. The third-order valence-electron chi connectivity index (χ3n) is 4.29. The molecule has 1 aromatic rings. The Kier molecular flexibility index (Phi) is 5.02. The third kappa shape index (κ3) is 3.57. The number of hydrogen-bond acceptors (Lipinski definition) is 1. The van der Waals surface area contributed by atoms with Gasteiger partial charge in [0.25, 0.3) is 0 Å². The zero-order chi connectivity index (χ0) is 14.0. The summed E-state index contributed by atoms with van der Waals surface area (Å²) in [6.45, 7) is 4.68. The largest absolute Gasteiger partial charge is 0.313 e. The van der Waals surface area contributed by atoms with Crippen molar-refractivity contribution < 1.29 is 4.39 Å². The first-order valence-electron chi connectivity index (χ1n) is 7.13. The predicted octanol–water partition coefficient (Wildman–Crippen LogP) is 4.92. The van der Waals surface area contributed by atoms with Gasteiger partial charge in [0.15, 0.2) is 0 Å². The lowest BCUT2D eigenvalue weighted by molar-refractivity contribution is 0.180. The van der Waals surface area contributed by atoms with E-state index in [1.165, 1.54) is 24.8 Å². The monoisotopic (exact) mass is 327 g/mol. The molecule has 0 radical (unpaired) electrons. The van der Waals surface area contributed by atoms with Crippen LogP contribution in [0.4, 0.5) is 4.39 Å². The average Bonchev–Trinajstić information content (AvgIpc) is 2.31. The fourth-order valence-corrected chi connectivity index (χ4v) is 4.28. The minimum Gasteiger partial charge on any atom is -0.313 e. The quantitative estimate of drug-likeness (QED) is 0.830. The van der Waals surface area contributed by atoms with Crippen molar-refractivity contribution in [3.05, 3.63) is 34.1 Å². The normalized spacial score (nSPS) is 29.2. The van der Waals surface area contributed by atoms with Crippen LogP contribution in [0, 0.1) is 23.6 Å². The first kappa shape index (κ1) is 15.0. The number of hydrogen-bond donors (Lipinski definition) is 1. The maximum atomic E-state index is 13.2. The van der Waals surface area contributed by atoms with Gasteiger partial charge in [-0.15, -0.1) is 0 Å². The molecule has 0 aromatic heterocycles. The molecule has 3 atom stereocenters. The van der Waals surface area contributed by atoms with Gasteiger partial charge in [-0.25, -0.2) is 4.39 Å². The highest BCUT2D eigenvalue weighted by atomic mass is 79.9. The number of nitrogens with one attached hydrogen (secondary N) is 1. The fraction of sp³-hybridized carbons (Fsp3) is 0.625. The number of halogens is 2. The summed E-state index contributed by atoms with van der Waals surface area (Å²) in [4.78, 5) is 0. The van der Waals surface area contributed by atoms with Gasteiger partial charge in [0.05, 0.1) is 0 Å². The molecule has 0 heterocycles. The van der Waals surface area contributed by atoms with Gasteiger partial charge in [0, 0.05) is 10.5 Å². The molecule has 0 spiro atoms. The molecule has 1 aliphatic rings. The Morgan fingerprint density at radius 3 is 2.37 bits per heavy atom. The minimum atomic E-state index is -0.184. The van der Waals surface area contributed by atoms with Crippen LogP contribution < -0.4 is 5.32 Å². The van der Waals surface area contributed by atoms with Gasteiger partial charge >= 0.3 is 0 Å². The molecule has 1 nitrogen and oxygen atoms in total. The summed E-state index contributed by atoms with van der Waals surface area (Å²) < 4.78 is 14.1. The molecule has 0 saturated heterocycles. The highest BCUT2D eigenvalue weighted by Gasteiger charge is 2.30. The van der Waals surface area contributed by atoms with Gasteiger partial charge in [-0.05, 0) is 61.8 Å². The standard InChI is InChI=1S/C16H23BrFN/c1-10-6-11(2)8-12(7-10)16(19-3)14-5-4-13(18)9-15(14)17/h4-5,9-12,16,19H,6-8H2,1-3H3. The molecule has 1 aromatic carbocycles. The molecule has 106 valence electrons.